The Bertz CT molecular complexity index is 588. The lowest BCUT2D eigenvalue weighted by molar-refractivity contribution is -0.135. The van der Waals surface area contributed by atoms with E-state index in [9.17, 15) is 9.59 Å². The van der Waals surface area contributed by atoms with Crippen molar-refractivity contribution in [2.75, 3.05) is 20.2 Å². The monoisotopic (exact) mass is 303 g/mol. The van der Waals surface area contributed by atoms with Crippen LogP contribution < -0.4 is 15.4 Å². The van der Waals surface area contributed by atoms with Gasteiger partial charge in [-0.05, 0) is 24.1 Å². The fourth-order valence-electron chi connectivity index (χ4n) is 1.60. The summed E-state index contributed by atoms with van der Waals surface area (Å²) in [5.41, 5.74) is 0.851. The number of hydrogen-bond donors (Lipinski definition) is 3. The maximum atomic E-state index is 11.7. The molecule has 0 bridgehead atoms. The van der Waals surface area contributed by atoms with Gasteiger partial charge in [0.25, 0.3) is 5.91 Å². The second kappa shape index (κ2) is 9.02. The Balaban J connectivity index is 2.43. The highest BCUT2D eigenvalue weighted by Gasteiger charge is 2.08. The number of methoxy groups -OCH3 is 1. The SMILES string of the molecule is COc1ccc(CCNC(=O)/C(C#N)=C\NCC(=O)O)cc1. The fraction of sp³-hybridized carbons (Fsp3) is 0.267. The molecular weight excluding hydrogens is 286 g/mol. The third-order valence-electron chi connectivity index (χ3n) is 2.72. The number of rotatable bonds is 8. The van der Waals surface area contributed by atoms with E-state index in [4.69, 9.17) is 15.1 Å². The first-order valence-electron chi connectivity index (χ1n) is 6.53. The topological polar surface area (TPSA) is 111 Å². The number of carbonyl (C=O) groups is 2. The standard InChI is InChI=1S/C15H17N3O4/c1-22-13-4-2-11(3-5-13)6-7-18-15(21)12(8-16)9-17-10-14(19)20/h2-5,9,17H,6-7,10H2,1H3,(H,18,21)(H,19,20)/b12-9-. The highest BCUT2D eigenvalue weighted by molar-refractivity contribution is 5.97. The molecule has 0 atom stereocenters. The van der Waals surface area contributed by atoms with Gasteiger partial charge in [0.1, 0.15) is 23.9 Å². The average Bonchev–Trinajstić information content (AvgIpc) is 2.52. The van der Waals surface area contributed by atoms with Crippen LogP contribution in [-0.2, 0) is 16.0 Å². The summed E-state index contributed by atoms with van der Waals surface area (Å²) in [4.78, 5) is 22.1. The molecule has 0 unspecified atom stereocenters. The van der Waals surface area contributed by atoms with Gasteiger partial charge in [0.15, 0.2) is 0 Å². The smallest absolute Gasteiger partial charge is 0.322 e. The summed E-state index contributed by atoms with van der Waals surface area (Å²) in [5.74, 6) is -0.866. The van der Waals surface area contributed by atoms with Gasteiger partial charge < -0.3 is 20.5 Å². The third kappa shape index (κ3) is 5.96. The van der Waals surface area contributed by atoms with Crippen LogP contribution in [0.25, 0.3) is 0 Å². The molecule has 0 aliphatic rings. The van der Waals surface area contributed by atoms with Crippen LogP contribution in [0.3, 0.4) is 0 Å². The van der Waals surface area contributed by atoms with Gasteiger partial charge in [0.05, 0.1) is 7.11 Å². The van der Waals surface area contributed by atoms with Crippen LogP contribution in [0.4, 0.5) is 0 Å². The Morgan fingerprint density at radius 3 is 2.59 bits per heavy atom. The minimum absolute atomic E-state index is 0.170. The Hall–Kier alpha value is -3.01. The molecule has 0 aliphatic heterocycles. The Morgan fingerprint density at radius 2 is 2.05 bits per heavy atom. The van der Waals surface area contributed by atoms with Crippen LogP contribution in [0.15, 0.2) is 36.0 Å². The minimum Gasteiger partial charge on any atom is -0.497 e. The molecule has 0 aromatic heterocycles. The van der Waals surface area contributed by atoms with Crippen molar-refractivity contribution in [3.63, 3.8) is 0 Å². The lowest BCUT2D eigenvalue weighted by Gasteiger charge is -2.06. The number of benzene rings is 1. The van der Waals surface area contributed by atoms with Crippen LogP contribution in [0.5, 0.6) is 5.75 Å². The Morgan fingerprint density at radius 1 is 1.36 bits per heavy atom. The number of aliphatic carboxylic acids is 1. The van der Waals surface area contributed by atoms with Crippen molar-refractivity contribution in [1.29, 1.82) is 5.26 Å². The van der Waals surface area contributed by atoms with Gasteiger partial charge in [-0.1, -0.05) is 12.1 Å². The first kappa shape index (κ1) is 17.0. The zero-order valence-corrected chi connectivity index (χ0v) is 12.1. The number of carbonyl (C=O) groups excluding carboxylic acids is 1. The lowest BCUT2D eigenvalue weighted by Crippen LogP contribution is -2.28. The van der Waals surface area contributed by atoms with Crippen molar-refractivity contribution < 1.29 is 19.4 Å². The van der Waals surface area contributed by atoms with Gasteiger partial charge in [-0.25, -0.2) is 0 Å². The van der Waals surface area contributed by atoms with Crippen LogP contribution in [-0.4, -0.2) is 37.2 Å². The van der Waals surface area contributed by atoms with Crippen molar-refractivity contribution in [3.05, 3.63) is 41.6 Å². The van der Waals surface area contributed by atoms with E-state index in [2.05, 4.69) is 10.6 Å². The van der Waals surface area contributed by atoms with E-state index in [0.29, 0.717) is 13.0 Å². The van der Waals surface area contributed by atoms with E-state index in [0.717, 1.165) is 17.5 Å². The summed E-state index contributed by atoms with van der Waals surface area (Å²) in [6.07, 6.45) is 1.70. The molecular formula is C15H17N3O4. The predicted molar refractivity (Wildman–Crippen MR) is 79.0 cm³/mol. The third-order valence-corrected chi connectivity index (χ3v) is 2.72. The minimum atomic E-state index is -1.08. The van der Waals surface area contributed by atoms with Crippen LogP contribution in [0.1, 0.15) is 5.56 Å². The summed E-state index contributed by atoms with van der Waals surface area (Å²) in [5, 5.41) is 22.3. The van der Waals surface area contributed by atoms with Gasteiger partial charge in [0.2, 0.25) is 0 Å². The summed E-state index contributed by atoms with van der Waals surface area (Å²) in [6.45, 7) is 0.00736. The second-order valence-electron chi connectivity index (χ2n) is 4.30. The lowest BCUT2D eigenvalue weighted by atomic mass is 10.1. The number of nitriles is 1. The summed E-state index contributed by atoms with van der Waals surface area (Å²) in [7, 11) is 1.59. The molecule has 0 heterocycles. The number of carboxylic acid groups (broad SMARTS) is 1. The number of nitrogens with one attached hydrogen (secondary N) is 2. The van der Waals surface area contributed by atoms with E-state index < -0.39 is 11.9 Å². The van der Waals surface area contributed by atoms with E-state index >= 15 is 0 Å². The Kier molecular flexibility index (Phi) is 6.99. The van der Waals surface area contributed by atoms with Gasteiger partial charge in [-0.3, -0.25) is 9.59 Å². The van der Waals surface area contributed by atoms with Crippen LogP contribution in [0.2, 0.25) is 0 Å². The summed E-state index contributed by atoms with van der Waals surface area (Å²) in [6, 6.07) is 9.15. The average molecular weight is 303 g/mol. The zero-order chi connectivity index (χ0) is 16.4. The molecule has 0 fully saturated rings. The van der Waals surface area contributed by atoms with Crippen LogP contribution >= 0.6 is 0 Å². The molecule has 0 saturated carbocycles. The predicted octanol–water partition coefficient (Wildman–Crippen LogP) is 0.436. The van der Waals surface area contributed by atoms with E-state index in [1.807, 2.05) is 24.3 Å². The molecule has 7 nitrogen and oxygen atoms in total. The molecule has 7 heteroatoms. The number of nitrogens with zero attached hydrogens (tertiary/aromatic N) is 1. The van der Waals surface area contributed by atoms with Crippen molar-refractivity contribution in [3.8, 4) is 11.8 Å². The van der Waals surface area contributed by atoms with Crippen molar-refractivity contribution in [1.82, 2.24) is 10.6 Å². The summed E-state index contributed by atoms with van der Waals surface area (Å²) < 4.78 is 5.05. The van der Waals surface area contributed by atoms with E-state index in [1.165, 1.54) is 0 Å². The maximum Gasteiger partial charge on any atom is 0.322 e. The highest BCUT2D eigenvalue weighted by Crippen LogP contribution is 2.11. The molecule has 1 aromatic rings. The van der Waals surface area contributed by atoms with Gasteiger partial charge in [0, 0.05) is 12.7 Å². The largest absolute Gasteiger partial charge is 0.497 e. The first-order valence-corrected chi connectivity index (χ1v) is 6.53. The molecule has 1 aromatic carbocycles. The zero-order valence-electron chi connectivity index (χ0n) is 12.1. The number of carboxylic acids is 1. The number of hydrogen-bond acceptors (Lipinski definition) is 5. The van der Waals surface area contributed by atoms with Crippen molar-refractivity contribution in [2.45, 2.75) is 6.42 Å². The normalized spacial score (nSPS) is 10.5. The summed E-state index contributed by atoms with van der Waals surface area (Å²) >= 11 is 0. The number of ether oxygens (including phenoxy) is 1. The highest BCUT2D eigenvalue weighted by atomic mass is 16.5. The molecule has 22 heavy (non-hydrogen) atoms. The maximum absolute atomic E-state index is 11.7. The molecule has 0 radical (unpaired) electrons. The van der Waals surface area contributed by atoms with Crippen molar-refractivity contribution >= 4 is 11.9 Å². The van der Waals surface area contributed by atoms with Gasteiger partial charge in [-0.15, -0.1) is 0 Å². The molecule has 0 saturated heterocycles. The van der Waals surface area contributed by atoms with E-state index in [-0.39, 0.29) is 12.1 Å². The molecule has 0 spiro atoms. The quantitative estimate of drug-likeness (QED) is 0.474. The molecule has 0 aliphatic carbocycles. The Labute approximate surface area is 128 Å². The van der Waals surface area contributed by atoms with E-state index in [1.54, 1.807) is 13.2 Å². The fourth-order valence-corrected chi connectivity index (χ4v) is 1.60. The molecule has 3 N–H and O–H groups in total. The van der Waals surface area contributed by atoms with Gasteiger partial charge in [-0.2, -0.15) is 5.26 Å². The number of amides is 1. The second-order valence-corrected chi connectivity index (χ2v) is 4.30. The molecule has 1 rings (SSSR count). The van der Waals surface area contributed by atoms with Gasteiger partial charge >= 0.3 is 5.97 Å². The van der Waals surface area contributed by atoms with Crippen LogP contribution in [0, 0.1) is 11.3 Å². The van der Waals surface area contributed by atoms with Crippen molar-refractivity contribution in [2.24, 2.45) is 0 Å². The molecule has 1 amide bonds. The first-order chi connectivity index (χ1) is 10.6. The molecule has 116 valence electrons.